The van der Waals surface area contributed by atoms with E-state index in [1.807, 2.05) is 48.5 Å². The Bertz CT molecular complexity index is 1400. The van der Waals surface area contributed by atoms with Crippen molar-refractivity contribution in [1.29, 1.82) is 0 Å². The van der Waals surface area contributed by atoms with Crippen molar-refractivity contribution < 1.29 is 22.8 Å². The van der Waals surface area contributed by atoms with Crippen molar-refractivity contribution in [3.63, 3.8) is 0 Å². The van der Waals surface area contributed by atoms with Gasteiger partial charge >= 0.3 is 6.18 Å². The molecule has 0 radical (unpaired) electrons. The van der Waals surface area contributed by atoms with Gasteiger partial charge in [-0.25, -0.2) is 0 Å². The summed E-state index contributed by atoms with van der Waals surface area (Å²) in [6.07, 6.45) is 14.6. The molecular formula is C40H52F3N3O2. The minimum atomic E-state index is -4.47. The zero-order chi connectivity index (χ0) is 33.6. The zero-order valence-corrected chi connectivity index (χ0v) is 28.3. The minimum Gasteiger partial charge on any atom is -0.352 e. The number of carbonyl (C=O) groups is 2. The first-order chi connectivity index (χ1) is 23.2. The maximum atomic E-state index is 13.7. The molecule has 1 saturated heterocycles. The predicted octanol–water partition coefficient (Wildman–Crippen LogP) is 8.61. The van der Waals surface area contributed by atoms with Crippen LogP contribution in [0, 0.1) is 5.92 Å². The van der Waals surface area contributed by atoms with Gasteiger partial charge in [0.15, 0.2) is 0 Å². The molecule has 2 N–H and O–H groups in total. The van der Waals surface area contributed by atoms with Crippen LogP contribution in [0.3, 0.4) is 0 Å². The Morgan fingerprint density at radius 1 is 0.833 bits per heavy atom. The van der Waals surface area contributed by atoms with Crippen molar-refractivity contribution in [3.05, 3.63) is 71.3 Å². The van der Waals surface area contributed by atoms with Crippen LogP contribution in [0.2, 0.25) is 0 Å². The maximum absolute atomic E-state index is 13.7. The fourth-order valence-corrected chi connectivity index (χ4v) is 8.96. The van der Waals surface area contributed by atoms with E-state index in [0.29, 0.717) is 12.3 Å². The van der Waals surface area contributed by atoms with Crippen LogP contribution < -0.4 is 10.6 Å². The number of amides is 2. The van der Waals surface area contributed by atoms with E-state index in [1.165, 1.54) is 37.7 Å². The number of rotatable bonds is 12. The summed E-state index contributed by atoms with van der Waals surface area (Å²) in [5.41, 5.74) is 3.84. The number of halogens is 3. The summed E-state index contributed by atoms with van der Waals surface area (Å²) in [5.74, 6) is 0.275. The third kappa shape index (κ3) is 8.01. The number of allylic oxidation sites excluding steroid dienone is 1. The molecule has 2 aromatic carbocycles. The van der Waals surface area contributed by atoms with Gasteiger partial charge in [0.2, 0.25) is 11.8 Å². The molecule has 1 atom stereocenters. The molecular weight excluding hydrogens is 611 g/mol. The number of nitrogens with zero attached hydrogens (tertiary/aromatic N) is 1. The lowest BCUT2D eigenvalue weighted by Crippen LogP contribution is -2.52. The van der Waals surface area contributed by atoms with E-state index in [9.17, 15) is 22.8 Å². The van der Waals surface area contributed by atoms with Crippen LogP contribution in [-0.4, -0.2) is 54.6 Å². The van der Waals surface area contributed by atoms with Crippen molar-refractivity contribution in [2.45, 2.75) is 126 Å². The second kappa shape index (κ2) is 15.6. The van der Waals surface area contributed by atoms with Gasteiger partial charge in [0.1, 0.15) is 12.0 Å². The fraction of sp³-hybridized carbons (Fsp3) is 0.600. The lowest BCUT2D eigenvalue weighted by atomic mass is 9.73. The summed E-state index contributed by atoms with van der Waals surface area (Å²) >= 11 is 0. The number of nitrogens with one attached hydrogen (secondary N) is 2. The summed E-state index contributed by atoms with van der Waals surface area (Å²) in [6.45, 7) is 0.627. The van der Waals surface area contributed by atoms with Crippen molar-refractivity contribution in [1.82, 2.24) is 15.5 Å². The van der Waals surface area contributed by atoms with Crippen molar-refractivity contribution >= 4 is 11.8 Å². The summed E-state index contributed by atoms with van der Waals surface area (Å²) < 4.78 is 39.5. The van der Waals surface area contributed by atoms with Gasteiger partial charge < -0.3 is 10.6 Å². The molecule has 0 aromatic heterocycles. The number of benzene rings is 2. The topological polar surface area (TPSA) is 61.4 Å². The number of carbonyl (C=O) groups excluding carboxylic acids is 2. The van der Waals surface area contributed by atoms with E-state index in [2.05, 4.69) is 21.6 Å². The maximum Gasteiger partial charge on any atom is 0.405 e. The highest BCUT2D eigenvalue weighted by Gasteiger charge is 2.49. The molecule has 48 heavy (non-hydrogen) atoms. The molecule has 260 valence electrons. The monoisotopic (exact) mass is 663 g/mol. The first-order valence-electron chi connectivity index (χ1n) is 18.5. The smallest absolute Gasteiger partial charge is 0.352 e. The molecule has 0 bridgehead atoms. The highest BCUT2D eigenvalue weighted by Crippen LogP contribution is 2.51. The quantitative estimate of drug-likeness (QED) is 0.177. The van der Waals surface area contributed by atoms with Crippen LogP contribution in [-0.2, 0) is 15.0 Å². The molecule has 8 heteroatoms. The van der Waals surface area contributed by atoms with Crippen molar-refractivity contribution in [3.8, 4) is 11.1 Å². The molecule has 1 saturated carbocycles. The van der Waals surface area contributed by atoms with E-state index in [1.54, 1.807) is 0 Å². The first kappa shape index (κ1) is 34.7. The molecule has 3 aliphatic carbocycles. The molecule has 2 aromatic rings. The van der Waals surface area contributed by atoms with Gasteiger partial charge in [-0.2, -0.15) is 13.2 Å². The Morgan fingerprint density at radius 2 is 1.54 bits per heavy atom. The molecule has 0 spiro atoms. The minimum absolute atomic E-state index is 0.00284. The second-order valence-electron chi connectivity index (χ2n) is 14.7. The number of hydrogen-bond donors (Lipinski definition) is 2. The number of fused-ring (bicyclic) bond motifs is 3. The number of likely N-dealkylation sites (tertiary alicyclic amines) is 1. The van der Waals surface area contributed by atoms with E-state index in [-0.39, 0.29) is 18.0 Å². The Kier molecular flexibility index (Phi) is 11.3. The lowest BCUT2D eigenvalue weighted by Gasteiger charge is -2.37. The normalized spacial score (nSPS) is 23.9. The molecule has 5 nitrogen and oxygen atoms in total. The number of unbranched alkanes of at least 4 members (excludes halogenated alkanes) is 2. The molecule has 1 heterocycles. The number of hydrogen-bond acceptors (Lipinski definition) is 3. The molecule has 1 aliphatic heterocycles. The standard InChI is InChI=1S/C40H52F3N3O2/c41-40(42,43)28-44-38(48)39(34-18-8-6-16-32(34)33-17-7-9-19-35(33)39)25-11-2-5-13-29-21-23-31(24-22-29)45-37(47)36-20-10-12-26-46(36)27-30-14-3-1-4-15-30/h6-9,14,16-19,29,31,36H,1-5,10-13,15,20-28H2,(H,44,48)(H,45,47). The molecule has 6 rings (SSSR count). The van der Waals surface area contributed by atoms with Gasteiger partial charge in [0.25, 0.3) is 0 Å². The molecule has 2 amide bonds. The fourth-order valence-electron chi connectivity index (χ4n) is 8.96. The Hall–Kier alpha value is -3.13. The largest absolute Gasteiger partial charge is 0.405 e. The van der Waals surface area contributed by atoms with Crippen molar-refractivity contribution in [2.24, 2.45) is 5.92 Å². The number of piperidine rings is 1. The average molecular weight is 664 g/mol. The highest BCUT2D eigenvalue weighted by molar-refractivity contribution is 6.00. The van der Waals surface area contributed by atoms with Crippen LogP contribution in [0.4, 0.5) is 13.2 Å². The summed E-state index contributed by atoms with van der Waals surface area (Å²) in [7, 11) is 0. The summed E-state index contributed by atoms with van der Waals surface area (Å²) in [4.78, 5) is 29.6. The average Bonchev–Trinajstić information content (AvgIpc) is 3.38. The SMILES string of the molecule is O=C(NC1CCC(CCCCCC2(C(=O)NCC(F)(F)F)c3ccccc3-c3ccccc32)CC1)C1CCCCN1CC1=CCCCC1. The van der Waals surface area contributed by atoms with Crippen LogP contribution in [0.15, 0.2) is 60.2 Å². The third-order valence-corrected chi connectivity index (χ3v) is 11.5. The zero-order valence-electron chi connectivity index (χ0n) is 28.3. The van der Waals surface area contributed by atoms with Crippen LogP contribution >= 0.6 is 0 Å². The van der Waals surface area contributed by atoms with Gasteiger partial charge in [0, 0.05) is 12.6 Å². The Labute approximate surface area is 284 Å². The van der Waals surface area contributed by atoms with Gasteiger partial charge in [-0.1, -0.05) is 92.3 Å². The highest BCUT2D eigenvalue weighted by atomic mass is 19.4. The van der Waals surface area contributed by atoms with Gasteiger partial charge in [-0.05, 0) is 105 Å². The Morgan fingerprint density at radius 3 is 2.21 bits per heavy atom. The van der Waals surface area contributed by atoms with E-state index in [0.717, 1.165) is 99.6 Å². The van der Waals surface area contributed by atoms with Crippen LogP contribution in [0.5, 0.6) is 0 Å². The molecule has 2 fully saturated rings. The van der Waals surface area contributed by atoms with E-state index in [4.69, 9.17) is 0 Å². The Balaban J connectivity index is 0.985. The molecule has 1 unspecified atom stereocenters. The predicted molar refractivity (Wildman–Crippen MR) is 184 cm³/mol. The molecule has 4 aliphatic rings. The van der Waals surface area contributed by atoms with Gasteiger partial charge in [-0.3, -0.25) is 14.5 Å². The van der Waals surface area contributed by atoms with Crippen LogP contribution in [0.1, 0.15) is 114 Å². The third-order valence-electron chi connectivity index (χ3n) is 11.5. The first-order valence-corrected chi connectivity index (χ1v) is 18.5. The van der Waals surface area contributed by atoms with E-state index < -0.39 is 24.0 Å². The van der Waals surface area contributed by atoms with E-state index >= 15 is 0 Å². The second-order valence-corrected chi connectivity index (χ2v) is 14.7. The van der Waals surface area contributed by atoms with Gasteiger partial charge in [0.05, 0.1) is 6.04 Å². The lowest BCUT2D eigenvalue weighted by molar-refractivity contribution is -0.141. The summed E-state index contributed by atoms with van der Waals surface area (Å²) in [6, 6.07) is 15.6. The summed E-state index contributed by atoms with van der Waals surface area (Å²) in [5, 5.41) is 5.67. The van der Waals surface area contributed by atoms with Gasteiger partial charge in [-0.15, -0.1) is 0 Å². The number of alkyl halides is 3. The van der Waals surface area contributed by atoms with Crippen molar-refractivity contribution in [2.75, 3.05) is 19.6 Å². The van der Waals surface area contributed by atoms with Crippen LogP contribution in [0.25, 0.3) is 11.1 Å².